The molecule has 5 heteroatoms. The highest BCUT2D eigenvalue weighted by Gasteiger charge is 2.31. The highest BCUT2D eigenvalue weighted by Crippen LogP contribution is 2.26. The van der Waals surface area contributed by atoms with E-state index in [1.165, 1.54) is 0 Å². The number of hydrogen-bond donors (Lipinski definition) is 1. The van der Waals surface area contributed by atoms with E-state index in [2.05, 4.69) is 0 Å². The second-order valence-corrected chi connectivity index (χ2v) is 6.89. The fourth-order valence-electron chi connectivity index (χ4n) is 3.01. The molecule has 0 saturated carbocycles. The molecule has 0 aromatic heterocycles. The van der Waals surface area contributed by atoms with E-state index >= 15 is 0 Å². The first-order valence-corrected chi connectivity index (χ1v) is 8.75. The standard InChI is InChI=1S/C16H22N2O2S/c17-13-4-1-3-12(9-13)16(19)18(14-6-8-21-11-14)10-15-5-2-7-20-15/h1,3-4,9,14-15H,2,5-8,10-11,17H2. The Balaban J connectivity index is 1.77. The lowest BCUT2D eigenvalue weighted by Crippen LogP contribution is -2.44. The summed E-state index contributed by atoms with van der Waals surface area (Å²) in [5.74, 6) is 2.25. The van der Waals surface area contributed by atoms with Crippen molar-refractivity contribution >= 4 is 23.4 Å². The number of hydrogen-bond acceptors (Lipinski definition) is 4. The number of amides is 1. The third kappa shape index (κ3) is 3.52. The first-order valence-electron chi connectivity index (χ1n) is 7.60. The second kappa shape index (κ2) is 6.71. The third-order valence-corrected chi connectivity index (χ3v) is 5.31. The van der Waals surface area contributed by atoms with E-state index in [-0.39, 0.29) is 12.0 Å². The maximum atomic E-state index is 12.9. The fourth-order valence-corrected chi connectivity index (χ4v) is 4.24. The number of benzene rings is 1. The molecule has 2 aliphatic rings. The van der Waals surface area contributed by atoms with Gasteiger partial charge in [-0.05, 0) is 43.2 Å². The van der Waals surface area contributed by atoms with E-state index in [9.17, 15) is 4.79 Å². The summed E-state index contributed by atoms with van der Waals surface area (Å²) in [5.41, 5.74) is 7.14. The highest BCUT2D eigenvalue weighted by atomic mass is 32.2. The van der Waals surface area contributed by atoms with Gasteiger partial charge in [0.25, 0.3) is 5.91 Å². The number of nitrogens with two attached hydrogens (primary N) is 1. The summed E-state index contributed by atoms with van der Waals surface area (Å²) in [4.78, 5) is 14.9. The normalized spacial score (nSPS) is 25.1. The van der Waals surface area contributed by atoms with Crippen molar-refractivity contribution < 1.29 is 9.53 Å². The number of nitrogen functional groups attached to an aromatic ring is 1. The Bertz CT molecular complexity index is 497. The predicted octanol–water partition coefficient (Wildman–Crippen LogP) is 2.40. The molecular formula is C16H22N2O2S. The molecular weight excluding hydrogens is 284 g/mol. The van der Waals surface area contributed by atoms with Crippen molar-refractivity contribution in [2.24, 2.45) is 0 Å². The Labute approximate surface area is 130 Å². The zero-order chi connectivity index (χ0) is 14.7. The molecule has 0 radical (unpaired) electrons. The van der Waals surface area contributed by atoms with E-state index in [0.29, 0.717) is 23.8 Å². The average Bonchev–Trinajstić information content (AvgIpc) is 3.17. The maximum Gasteiger partial charge on any atom is 0.254 e. The van der Waals surface area contributed by atoms with E-state index in [0.717, 1.165) is 37.4 Å². The van der Waals surface area contributed by atoms with Gasteiger partial charge in [0.05, 0.1) is 6.10 Å². The second-order valence-electron chi connectivity index (χ2n) is 5.74. The molecule has 21 heavy (non-hydrogen) atoms. The molecule has 1 aromatic carbocycles. The van der Waals surface area contributed by atoms with Crippen LogP contribution in [0.25, 0.3) is 0 Å². The van der Waals surface area contributed by atoms with Gasteiger partial charge in [-0.15, -0.1) is 0 Å². The minimum atomic E-state index is 0.0882. The van der Waals surface area contributed by atoms with Crippen molar-refractivity contribution in [1.29, 1.82) is 0 Å². The van der Waals surface area contributed by atoms with Gasteiger partial charge in [-0.25, -0.2) is 0 Å². The van der Waals surface area contributed by atoms with Gasteiger partial charge in [0.2, 0.25) is 0 Å². The SMILES string of the molecule is Nc1cccc(C(=O)N(CC2CCCO2)C2CCSC2)c1. The van der Waals surface area contributed by atoms with Crippen LogP contribution in [-0.4, -0.2) is 47.6 Å². The summed E-state index contributed by atoms with van der Waals surface area (Å²) in [7, 11) is 0. The van der Waals surface area contributed by atoms with Crippen LogP contribution in [0.3, 0.4) is 0 Å². The number of carbonyl (C=O) groups excluding carboxylic acids is 1. The van der Waals surface area contributed by atoms with Crippen LogP contribution in [-0.2, 0) is 4.74 Å². The molecule has 3 rings (SSSR count). The summed E-state index contributed by atoms with van der Waals surface area (Å²) in [5, 5.41) is 0. The Kier molecular flexibility index (Phi) is 4.70. The lowest BCUT2D eigenvalue weighted by Gasteiger charge is -2.31. The fraction of sp³-hybridized carbons (Fsp3) is 0.562. The molecule has 1 aromatic rings. The van der Waals surface area contributed by atoms with Crippen molar-refractivity contribution in [3.8, 4) is 0 Å². The third-order valence-electron chi connectivity index (χ3n) is 4.17. The number of anilines is 1. The quantitative estimate of drug-likeness (QED) is 0.868. The number of carbonyl (C=O) groups is 1. The Morgan fingerprint density at radius 3 is 3.00 bits per heavy atom. The first kappa shape index (κ1) is 14.7. The Hall–Kier alpha value is -1.20. The van der Waals surface area contributed by atoms with Crippen LogP contribution < -0.4 is 5.73 Å². The molecule has 0 spiro atoms. The molecule has 0 bridgehead atoms. The van der Waals surface area contributed by atoms with Crippen LogP contribution >= 0.6 is 11.8 Å². The molecule has 4 nitrogen and oxygen atoms in total. The van der Waals surface area contributed by atoms with Crippen molar-refractivity contribution in [3.05, 3.63) is 29.8 Å². The molecule has 2 fully saturated rings. The Morgan fingerprint density at radius 1 is 1.43 bits per heavy atom. The van der Waals surface area contributed by atoms with Crippen LogP contribution in [0.1, 0.15) is 29.6 Å². The van der Waals surface area contributed by atoms with E-state index < -0.39 is 0 Å². The maximum absolute atomic E-state index is 12.9. The topological polar surface area (TPSA) is 55.6 Å². The molecule has 2 N–H and O–H groups in total. The van der Waals surface area contributed by atoms with Gasteiger partial charge in [0.15, 0.2) is 0 Å². The molecule has 114 valence electrons. The van der Waals surface area contributed by atoms with Gasteiger partial charge < -0.3 is 15.4 Å². The summed E-state index contributed by atoms with van der Waals surface area (Å²) in [6.07, 6.45) is 3.43. The monoisotopic (exact) mass is 306 g/mol. The Morgan fingerprint density at radius 2 is 2.33 bits per heavy atom. The van der Waals surface area contributed by atoms with Gasteiger partial charge in [-0.3, -0.25) is 4.79 Å². The van der Waals surface area contributed by atoms with Crippen LogP contribution in [0.4, 0.5) is 5.69 Å². The molecule has 0 aliphatic carbocycles. The van der Waals surface area contributed by atoms with Gasteiger partial charge in [-0.2, -0.15) is 11.8 Å². The van der Waals surface area contributed by atoms with Gasteiger partial charge >= 0.3 is 0 Å². The minimum absolute atomic E-state index is 0.0882. The van der Waals surface area contributed by atoms with Crippen LogP contribution in [0.5, 0.6) is 0 Å². The number of ether oxygens (including phenoxy) is 1. The van der Waals surface area contributed by atoms with Crippen molar-refractivity contribution in [2.75, 3.05) is 30.4 Å². The van der Waals surface area contributed by atoms with Gasteiger partial charge in [-0.1, -0.05) is 6.07 Å². The van der Waals surface area contributed by atoms with Gasteiger partial charge in [0, 0.05) is 36.2 Å². The van der Waals surface area contributed by atoms with E-state index in [1.54, 1.807) is 6.07 Å². The largest absolute Gasteiger partial charge is 0.399 e. The highest BCUT2D eigenvalue weighted by molar-refractivity contribution is 7.99. The van der Waals surface area contributed by atoms with Crippen LogP contribution in [0.2, 0.25) is 0 Å². The van der Waals surface area contributed by atoms with Crippen molar-refractivity contribution in [3.63, 3.8) is 0 Å². The summed E-state index contributed by atoms with van der Waals surface area (Å²) in [6, 6.07) is 7.60. The lowest BCUT2D eigenvalue weighted by atomic mass is 10.1. The first-order chi connectivity index (χ1) is 10.2. The molecule has 2 aliphatic heterocycles. The summed E-state index contributed by atoms with van der Waals surface area (Å²) < 4.78 is 5.73. The van der Waals surface area contributed by atoms with Crippen LogP contribution in [0.15, 0.2) is 24.3 Å². The number of nitrogens with zero attached hydrogens (tertiary/aromatic N) is 1. The zero-order valence-electron chi connectivity index (χ0n) is 12.2. The van der Waals surface area contributed by atoms with E-state index in [4.69, 9.17) is 10.5 Å². The minimum Gasteiger partial charge on any atom is -0.399 e. The summed E-state index contributed by atoms with van der Waals surface area (Å²) in [6.45, 7) is 1.53. The average molecular weight is 306 g/mol. The number of thioether (sulfide) groups is 1. The molecule has 2 heterocycles. The lowest BCUT2D eigenvalue weighted by molar-refractivity contribution is 0.0442. The van der Waals surface area contributed by atoms with E-state index in [1.807, 2.05) is 34.9 Å². The van der Waals surface area contributed by atoms with Crippen LogP contribution in [0, 0.1) is 0 Å². The number of rotatable bonds is 4. The molecule has 2 saturated heterocycles. The van der Waals surface area contributed by atoms with Gasteiger partial charge in [0.1, 0.15) is 0 Å². The van der Waals surface area contributed by atoms with Crippen molar-refractivity contribution in [2.45, 2.75) is 31.4 Å². The molecule has 2 unspecified atom stereocenters. The van der Waals surface area contributed by atoms with Crippen molar-refractivity contribution in [1.82, 2.24) is 4.90 Å². The zero-order valence-corrected chi connectivity index (χ0v) is 13.0. The summed E-state index contributed by atoms with van der Waals surface area (Å²) >= 11 is 1.92. The molecule has 2 atom stereocenters. The predicted molar refractivity (Wildman–Crippen MR) is 86.6 cm³/mol. The smallest absolute Gasteiger partial charge is 0.254 e. The molecule has 1 amide bonds.